The van der Waals surface area contributed by atoms with Crippen molar-refractivity contribution in [1.82, 2.24) is 14.3 Å². The summed E-state index contributed by atoms with van der Waals surface area (Å²) in [5, 5.41) is 11.5. The Morgan fingerprint density at radius 1 is 1.25 bits per heavy atom. The second-order valence-corrected chi connectivity index (χ2v) is 5.98. The molecule has 0 aliphatic carbocycles. The molecule has 0 spiro atoms. The van der Waals surface area contributed by atoms with Gasteiger partial charge in [-0.25, -0.2) is 4.98 Å². The molecule has 146 valence electrons. The van der Waals surface area contributed by atoms with Gasteiger partial charge in [0.1, 0.15) is 11.2 Å². The highest BCUT2D eigenvalue weighted by Gasteiger charge is 2.28. The topological polar surface area (TPSA) is 99.2 Å². The fourth-order valence-electron chi connectivity index (χ4n) is 2.99. The lowest BCUT2D eigenvalue weighted by Crippen LogP contribution is -2.31. The number of benzene rings is 1. The monoisotopic (exact) mass is 384 g/mol. The smallest absolute Gasteiger partial charge is 0.286 e. The molecular weight excluding hydrogens is 364 g/mol. The highest BCUT2D eigenvalue weighted by Crippen LogP contribution is 2.35. The number of ether oxygens (including phenoxy) is 2. The molecule has 0 saturated heterocycles. The van der Waals surface area contributed by atoms with E-state index in [-0.39, 0.29) is 29.3 Å². The molecule has 0 aliphatic rings. The van der Waals surface area contributed by atoms with Gasteiger partial charge in [0.15, 0.2) is 11.5 Å². The first-order chi connectivity index (χ1) is 13.5. The number of nitrogens with zero attached hydrogens (tertiary/aromatic N) is 4. The first-order valence-corrected chi connectivity index (χ1v) is 8.60. The standard InChI is InChI=1S/C19H20N4O5/c1-4-21(12-13-11-20-18-7-5-6-8-22(13)18)19(24)14-9-16(27-2)17(28-3)10-15(14)23(25)26/h5-11H,4,12H2,1-3H3. The quantitative estimate of drug-likeness (QED) is 0.459. The summed E-state index contributed by atoms with van der Waals surface area (Å²) < 4.78 is 12.2. The van der Waals surface area contributed by atoms with E-state index >= 15 is 0 Å². The number of aromatic nitrogens is 2. The van der Waals surface area contributed by atoms with E-state index in [1.807, 2.05) is 35.7 Å². The van der Waals surface area contributed by atoms with Crippen LogP contribution in [0.15, 0.2) is 42.7 Å². The Labute approximate surface area is 161 Å². The highest BCUT2D eigenvalue weighted by molar-refractivity contribution is 5.99. The molecule has 3 rings (SSSR count). The maximum atomic E-state index is 13.1. The molecule has 0 bridgehead atoms. The van der Waals surface area contributed by atoms with Crippen LogP contribution in [0.25, 0.3) is 5.65 Å². The number of carbonyl (C=O) groups is 1. The number of nitro benzene ring substituents is 1. The minimum atomic E-state index is -0.600. The molecule has 0 radical (unpaired) electrons. The van der Waals surface area contributed by atoms with Crippen LogP contribution in [0.1, 0.15) is 23.0 Å². The van der Waals surface area contributed by atoms with Gasteiger partial charge < -0.3 is 18.8 Å². The van der Waals surface area contributed by atoms with Crippen LogP contribution in [0.5, 0.6) is 11.5 Å². The summed E-state index contributed by atoms with van der Waals surface area (Å²) in [6.45, 7) is 2.43. The number of methoxy groups -OCH3 is 2. The number of hydrogen-bond donors (Lipinski definition) is 0. The van der Waals surface area contributed by atoms with Gasteiger partial charge in [0, 0.05) is 18.8 Å². The molecule has 0 N–H and O–H groups in total. The number of amides is 1. The summed E-state index contributed by atoms with van der Waals surface area (Å²) in [6.07, 6.45) is 3.54. The average Bonchev–Trinajstić information content (AvgIpc) is 3.13. The molecule has 9 nitrogen and oxygen atoms in total. The number of imidazole rings is 1. The molecule has 2 heterocycles. The zero-order chi connectivity index (χ0) is 20.3. The van der Waals surface area contributed by atoms with Crippen molar-refractivity contribution in [2.45, 2.75) is 13.5 Å². The van der Waals surface area contributed by atoms with Crippen LogP contribution in [0.2, 0.25) is 0 Å². The summed E-state index contributed by atoms with van der Waals surface area (Å²) in [5.74, 6) is -0.0288. The van der Waals surface area contributed by atoms with Gasteiger partial charge >= 0.3 is 0 Å². The molecule has 0 saturated carbocycles. The molecule has 2 aromatic heterocycles. The average molecular weight is 384 g/mol. The van der Waals surface area contributed by atoms with Crippen molar-refractivity contribution in [1.29, 1.82) is 0 Å². The van der Waals surface area contributed by atoms with Gasteiger partial charge in [0.25, 0.3) is 11.6 Å². The van der Waals surface area contributed by atoms with Crippen molar-refractivity contribution in [2.75, 3.05) is 20.8 Å². The molecule has 0 atom stereocenters. The maximum absolute atomic E-state index is 13.1. The third kappa shape index (κ3) is 3.46. The third-order valence-corrected chi connectivity index (χ3v) is 4.44. The van der Waals surface area contributed by atoms with Crippen molar-refractivity contribution >= 4 is 17.2 Å². The van der Waals surface area contributed by atoms with Crippen molar-refractivity contribution in [3.8, 4) is 11.5 Å². The molecule has 28 heavy (non-hydrogen) atoms. The second-order valence-electron chi connectivity index (χ2n) is 5.98. The summed E-state index contributed by atoms with van der Waals surface area (Å²) in [7, 11) is 2.79. The summed E-state index contributed by atoms with van der Waals surface area (Å²) in [4.78, 5) is 29.9. The first kappa shape index (κ1) is 19.2. The van der Waals surface area contributed by atoms with Crippen LogP contribution in [0, 0.1) is 10.1 Å². The van der Waals surface area contributed by atoms with Crippen LogP contribution < -0.4 is 9.47 Å². The van der Waals surface area contributed by atoms with Gasteiger partial charge in [-0.05, 0) is 19.1 Å². The first-order valence-electron chi connectivity index (χ1n) is 8.60. The third-order valence-electron chi connectivity index (χ3n) is 4.44. The van der Waals surface area contributed by atoms with Gasteiger partial charge in [-0.2, -0.15) is 0 Å². The number of hydrogen-bond acceptors (Lipinski definition) is 6. The molecule has 0 aliphatic heterocycles. The van der Waals surface area contributed by atoms with Crippen LogP contribution in [0.4, 0.5) is 5.69 Å². The molecule has 3 aromatic rings. The summed E-state index contributed by atoms with van der Waals surface area (Å²) in [6, 6.07) is 8.16. The van der Waals surface area contributed by atoms with Gasteiger partial charge in [-0.3, -0.25) is 14.9 Å². The van der Waals surface area contributed by atoms with E-state index in [4.69, 9.17) is 9.47 Å². The van der Waals surface area contributed by atoms with Gasteiger partial charge in [0.05, 0.1) is 43.6 Å². The molecule has 1 aromatic carbocycles. The number of pyridine rings is 1. The molecule has 0 fully saturated rings. The lowest BCUT2D eigenvalue weighted by Gasteiger charge is -2.21. The van der Waals surface area contributed by atoms with E-state index in [2.05, 4.69) is 4.98 Å². The Balaban J connectivity index is 1.99. The number of carbonyl (C=O) groups excluding carboxylic acids is 1. The van der Waals surface area contributed by atoms with E-state index in [9.17, 15) is 14.9 Å². The highest BCUT2D eigenvalue weighted by atomic mass is 16.6. The fourth-order valence-corrected chi connectivity index (χ4v) is 2.99. The van der Waals surface area contributed by atoms with Gasteiger partial charge in [-0.15, -0.1) is 0 Å². The maximum Gasteiger partial charge on any atom is 0.286 e. The molecule has 1 amide bonds. The van der Waals surface area contributed by atoms with E-state index in [1.54, 1.807) is 6.20 Å². The van der Waals surface area contributed by atoms with Gasteiger partial charge in [-0.1, -0.05) is 6.07 Å². The molecule has 0 unspecified atom stereocenters. The Bertz CT molecular complexity index is 1030. The molecular formula is C19H20N4O5. The number of nitro groups is 1. The van der Waals surface area contributed by atoms with Crippen LogP contribution in [0.3, 0.4) is 0 Å². The predicted molar refractivity (Wildman–Crippen MR) is 102 cm³/mol. The summed E-state index contributed by atoms with van der Waals surface area (Å²) >= 11 is 0. The van der Waals surface area contributed by atoms with Crippen LogP contribution in [-0.2, 0) is 6.54 Å². The largest absolute Gasteiger partial charge is 0.493 e. The van der Waals surface area contributed by atoms with E-state index in [1.165, 1.54) is 31.3 Å². The number of fused-ring (bicyclic) bond motifs is 1. The lowest BCUT2D eigenvalue weighted by atomic mass is 10.1. The predicted octanol–water partition coefficient (Wildman–Crippen LogP) is 2.92. The van der Waals surface area contributed by atoms with Crippen molar-refractivity contribution < 1.29 is 19.2 Å². The van der Waals surface area contributed by atoms with Crippen molar-refractivity contribution in [2.24, 2.45) is 0 Å². The Morgan fingerprint density at radius 2 is 1.96 bits per heavy atom. The van der Waals surface area contributed by atoms with E-state index < -0.39 is 10.8 Å². The fraction of sp³-hybridized carbons (Fsp3) is 0.263. The normalized spacial score (nSPS) is 10.7. The van der Waals surface area contributed by atoms with E-state index in [0.717, 1.165) is 11.3 Å². The molecule has 9 heteroatoms. The Morgan fingerprint density at radius 3 is 2.61 bits per heavy atom. The summed E-state index contributed by atoms with van der Waals surface area (Å²) in [5.41, 5.74) is 1.17. The zero-order valence-corrected chi connectivity index (χ0v) is 15.8. The minimum absolute atomic E-state index is 0.0571. The van der Waals surface area contributed by atoms with Crippen molar-refractivity contribution in [3.05, 3.63) is 64.1 Å². The number of rotatable bonds is 7. The SMILES string of the molecule is CCN(Cc1cnc2ccccn12)C(=O)c1cc(OC)c(OC)cc1[N+](=O)[O-]. The minimum Gasteiger partial charge on any atom is -0.493 e. The lowest BCUT2D eigenvalue weighted by molar-refractivity contribution is -0.385. The van der Waals surface area contributed by atoms with Crippen LogP contribution in [-0.4, -0.2) is 45.9 Å². The van der Waals surface area contributed by atoms with Crippen LogP contribution >= 0.6 is 0 Å². The van der Waals surface area contributed by atoms with Gasteiger partial charge in [0.2, 0.25) is 0 Å². The Kier molecular flexibility index (Phi) is 5.44. The van der Waals surface area contributed by atoms with E-state index in [0.29, 0.717) is 6.54 Å². The second kappa shape index (κ2) is 7.95. The van der Waals surface area contributed by atoms with Crippen molar-refractivity contribution in [3.63, 3.8) is 0 Å². The Hall–Kier alpha value is -3.62. The zero-order valence-electron chi connectivity index (χ0n) is 15.8.